The van der Waals surface area contributed by atoms with Gasteiger partial charge in [0, 0.05) is 6.54 Å². The van der Waals surface area contributed by atoms with E-state index in [4.69, 9.17) is 0 Å². The van der Waals surface area contributed by atoms with Gasteiger partial charge in [-0.1, -0.05) is 45.6 Å². The molecular weight excluding hydrogens is 184 g/mol. The van der Waals surface area contributed by atoms with E-state index >= 15 is 0 Å². The van der Waals surface area contributed by atoms with Crippen molar-refractivity contribution in [3.63, 3.8) is 0 Å². The fourth-order valence-corrected chi connectivity index (χ4v) is 1.44. The van der Waals surface area contributed by atoms with Gasteiger partial charge in [0.1, 0.15) is 0 Å². The molecule has 2 heteroatoms. The lowest BCUT2D eigenvalue weighted by molar-refractivity contribution is 0.463. The number of hydrogen-bond acceptors (Lipinski definition) is 1. The predicted octanol–water partition coefficient (Wildman–Crippen LogP) is 3.07. The largest absolute Gasteiger partial charge is 0.297 e. The summed E-state index contributed by atoms with van der Waals surface area (Å²) in [6.07, 6.45) is 9.63. The maximum Gasteiger partial charge on any atom is 0.0922 e. The molecule has 1 radical (unpaired) electrons. The molecule has 0 bridgehead atoms. The SMILES string of the molecule is C=CC([N]CCCCC)NCCCCC. The molecule has 0 fully saturated rings. The molecule has 0 amide bonds. The van der Waals surface area contributed by atoms with Crippen molar-refractivity contribution in [3.8, 4) is 0 Å². The van der Waals surface area contributed by atoms with E-state index in [2.05, 4.69) is 31.1 Å². The highest BCUT2D eigenvalue weighted by Gasteiger charge is 2.01. The predicted molar refractivity (Wildman–Crippen MR) is 68.0 cm³/mol. The molecular formula is C13H27N2. The Morgan fingerprint density at radius 2 is 1.80 bits per heavy atom. The molecule has 1 unspecified atom stereocenters. The van der Waals surface area contributed by atoms with Crippen LogP contribution in [-0.4, -0.2) is 19.3 Å². The van der Waals surface area contributed by atoms with Gasteiger partial charge < -0.3 is 0 Å². The van der Waals surface area contributed by atoms with Crippen LogP contribution in [0, 0.1) is 0 Å². The van der Waals surface area contributed by atoms with Crippen molar-refractivity contribution in [2.75, 3.05) is 13.1 Å². The van der Waals surface area contributed by atoms with Crippen molar-refractivity contribution in [3.05, 3.63) is 12.7 Å². The highest BCUT2D eigenvalue weighted by Crippen LogP contribution is 1.95. The van der Waals surface area contributed by atoms with Gasteiger partial charge in [0.05, 0.1) is 6.17 Å². The zero-order valence-corrected chi connectivity index (χ0v) is 10.5. The average Bonchev–Trinajstić information content (AvgIpc) is 2.27. The molecule has 0 aromatic rings. The van der Waals surface area contributed by atoms with Crippen LogP contribution in [0.3, 0.4) is 0 Å². The number of hydrogen-bond donors (Lipinski definition) is 1. The number of nitrogens with zero attached hydrogens (tertiary/aromatic N) is 1. The van der Waals surface area contributed by atoms with Gasteiger partial charge >= 0.3 is 0 Å². The van der Waals surface area contributed by atoms with Crippen LogP contribution in [-0.2, 0) is 0 Å². The van der Waals surface area contributed by atoms with E-state index in [0.717, 1.165) is 13.1 Å². The molecule has 0 saturated heterocycles. The second-order valence-electron chi connectivity index (χ2n) is 3.96. The van der Waals surface area contributed by atoms with Crippen LogP contribution in [0.2, 0.25) is 0 Å². The Kier molecular flexibility index (Phi) is 11.5. The molecule has 0 aliphatic heterocycles. The second-order valence-corrected chi connectivity index (χ2v) is 3.96. The van der Waals surface area contributed by atoms with E-state index in [-0.39, 0.29) is 6.17 Å². The Labute approximate surface area is 95.5 Å². The summed E-state index contributed by atoms with van der Waals surface area (Å²) < 4.78 is 0. The van der Waals surface area contributed by atoms with Crippen LogP contribution in [0.4, 0.5) is 0 Å². The molecule has 15 heavy (non-hydrogen) atoms. The Morgan fingerprint density at radius 3 is 2.40 bits per heavy atom. The van der Waals surface area contributed by atoms with Gasteiger partial charge in [-0.2, -0.15) is 0 Å². The van der Waals surface area contributed by atoms with Gasteiger partial charge in [0.25, 0.3) is 0 Å². The molecule has 0 aromatic carbocycles. The maximum absolute atomic E-state index is 4.55. The molecule has 0 aliphatic carbocycles. The number of rotatable bonds is 11. The molecule has 89 valence electrons. The van der Waals surface area contributed by atoms with Crippen molar-refractivity contribution in [2.45, 2.75) is 58.5 Å². The topological polar surface area (TPSA) is 26.1 Å². The lowest BCUT2D eigenvalue weighted by Crippen LogP contribution is -2.36. The zero-order valence-electron chi connectivity index (χ0n) is 10.5. The van der Waals surface area contributed by atoms with Gasteiger partial charge in [0.15, 0.2) is 0 Å². The van der Waals surface area contributed by atoms with E-state index in [1.165, 1.54) is 38.5 Å². The van der Waals surface area contributed by atoms with Crippen molar-refractivity contribution in [1.82, 2.24) is 10.6 Å². The van der Waals surface area contributed by atoms with E-state index in [1.54, 1.807) is 0 Å². The second kappa shape index (κ2) is 11.7. The Morgan fingerprint density at radius 1 is 1.13 bits per heavy atom. The molecule has 0 saturated carbocycles. The lowest BCUT2D eigenvalue weighted by Gasteiger charge is -2.14. The monoisotopic (exact) mass is 211 g/mol. The number of unbranched alkanes of at least 4 members (excludes halogenated alkanes) is 4. The summed E-state index contributed by atoms with van der Waals surface area (Å²) in [7, 11) is 0. The molecule has 0 rings (SSSR count). The van der Waals surface area contributed by atoms with Crippen LogP contribution < -0.4 is 10.6 Å². The van der Waals surface area contributed by atoms with Gasteiger partial charge in [-0.25, -0.2) is 5.32 Å². The van der Waals surface area contributed by atoms with Crippen molar-refractivity contribution in [1.29, 1.82) is 0 Å². The third kappa shape index (κ3) is 9.95. The summed E-state index contributed by atoms with van der Waals surface area (Å²) in [5.74, 6) is 0. The Bertz CT molecular complexity index is 122. The fourth-order valence-electron chi connectivity index (χ4n) is 1.44. The normalized spacial score (nSPS) is 10.9. The first-order valence-corrected chi connectivity index (χ1v) is 6.37. The fraction of sp³-hybridized carbons (Fsp3) is 0.846. The lowest BCUT2D eigenvalue weighted by atomic mass is 10.2. The quantitative estimate of drug-likeness (QED) is 0.412. The molecule has 0 aromatic heterocycles. The first-order valence-electron chi connectivity index (χ1n) is 6.37. The van der Waals surface area contributed by atoms with E-state index in [9.17, 15) is 0 Å². The third-order valence-corrected chi connectivity index (χ3v) is 2.44. The standard InChI is InChI=1S/C13H27N2/c1-4-7-9-11-14-13(6-3)15-12-10-8-5-2/h6,13-14H,3-5,7-12H2,1-2H3. The smallest absolute Gasteiger partial charge is 0.0922 e. The van der Waals surface area contributed by atoms with Crippen LogP contribution in [0.25, 0.3) is 0 Å². The summed E-state index contributed by atoms with van der Waals surface area (Å²) in [5.41, 5.74) is 0. The first-order chi connectivity index (χ1) is 7.35. The zero-order chi connectivity index (χ0) is 11.4. The summed E-state index contributed by atoms with van der Waals surface area (Å²) in [6, 6.07) is 0. The molecule has 2 nitrogen and oxygen atoms in total. The van der Waals surface area contributed by atoms with Gasteiger partial charge in [-0.15, -0.1) is 6.58 Å². The maximum atomic E-state index is 4.55. The van der Waals surface area contributed by atoms with Crippen LogP contribution in [0.1, 0.15) is 52.4 Å². The van der Waals surface area contributed by atoms with Gasteiger partial charge in [-0.05, 0) is 19.4 Å². The summed E-state index contributed by atoms with van der Waals surface area (Å²) in [4.78, 5) is 0. The van der Waals surface area contributed by atoms with Crippen LogP contribution in [0.15, 0.2) is 12.7 Å². The van der Waals surface area contributed by atoms with Crippen LogP contribution >= 0.6 is 0 Å². The molecule has 0 spiro atoms. The Balaban J connectivity index is 3.34. The minimum atomic E-state index is 0.165. The van der Waals surface area contributed by atoms with Crippen LogP contribution in [0.5, 0.6) is 0 Å². The van der Waals surface area contributed by atoms with Gasteiger partial charge in [-0.3, -0.25) is 5.32 Å². The third-order valence-electron chi connectivity index (χ3n) is 2.44. The summed E-state index contributed by atoms with van der Waals surface area (Å²) in [5, 5.41) is 7.94. The van der Waals surface area contributed by atoms with E-state index in [0.29, 0.717) is 0 Å². The van der Waals surface area contributed by atoms with Gasteiger partial charge in [0.2, 0.25) is 0 Å². The highest BCUT2D eigenvalue weighted by atomic mass is 15.1. The van der Waals surface area contributed by atoms with Crippen molar-refractivity contribution < 1.29 is 0 Å². The van der Waals surface area contributed by atoms with E-state index < -0.39 is 0 Å². The van der Waals surface area contributed by atoms with Crippen molar-refractivity contribution >= 4 is 0 Å². The molecule has 0 aliphatic rings. The number of nitrogens with one attached hydrogen (secondary N) is 1. The molecule has 0 heterocycles. The Hall–Kier alpha value is -0.340. The van der Waals surface area contributed by atoms with E-state index in [1.807, 2.05) is 6.08 Å². The average molecular weight is 211 g/mol. The molecule has 1 atom stereocenters. The minimum Gasteiger partial charge on any atom is -0.297 e. The van der Waals surface area contributed by atoms with Crippen molar-refractivity contribution in [2.24, 2.45) is 0 Å². The summed E-state index contributed by atoms with van der Waals surface area (Å²) >= 11 is 0. The first kappa shape index (κ1) is 14.7. The highest BCUT2D eigenvalue weighted by molar-refractivity contribution is 4.82. The summed E-state index contributed by atoms with van der Waals surface area (Å²) in [6.45, 7) is 10.3. The minimum absolute atomic E-state index is 0.165. The molecule has 1 N–H and O–H groups in total.